The number of para-hydroxylation sites is 4. The summed E-state index contributed by atoms with van der Waals surface area (Å²) in [6.45, 7) is 0. The molecule has 13 rings (SSSR count). The van der Waals surface area contributed by atoms with Crippen molar-refractivity contribution in [2.75, 3.05) is 9.80 Å². The van der Waals surface area contributed by atoms with Crippen LogP contribution in [-0.2, 0) is 0 Å². The summed E-state index contributed by atoms with van der Waals surface area (Å²) in [5.74, 6) is 0. The molecule has 0 bridgehead atoms. The molecule has 0 saturated heterocycles. The van der Waals surface area contributed by atoms with E-state index in [4.69, 9.17) is 0 Å². The van der Waals surface area contributed by atoms with Crippen LogP contribution in [0, 0.1) is 0 Å². The predicted octanol–water partition coefficient (Wildman–Crippen LogP) is 19.9. The number of hydrogen-bond acceptors (Lipinski definition) is 2. The monoisotopic (exact) mass is 916 g/mol. The minimum Gasteiger partial charge on any atom is -0.310 e. The van der Waals surface area contributed by atoms with E-state index in [0.29, 0.717) is 0 Å². The third-order valence-corrected chi connectivity index (χ3v) is 14.2. The van der Waals surface area contributed by atoms with Crippen LogP contribution in [0.2, 0.25) is 0 Å². The van der Waals surface area contributed by atoms with Crippen molar-refractivity contribution in [3.05, 3.63) is 291 Å². The Balaban J connectivity index is 0.938. The minimum absolute atomic E-state index is 1.11. The number of rotatable bonds is 10. The Kier molecular flexibility index (Phi) is 10.9. The maximum absolute atomic E-state index is 2.35. The molecule has 338 valence electrons. The van der Waals surface area contributed by atoms with E-state index in [0.717, 1.165) is 34.1 Å². The first-order chi connectivity index (χ1) is 35.8. The van der Waals surface area contributed by atoms with Gasteiger partial charge >= 0.3 is 0 Å². The van der Waals surface area contributed by atoms with Crippen molar-refractivity contribution in [1.82, 2.24) is 0 Å². The van der Waals surface area contributed by atoms with Gasteiger partial charge in [-0.05, 0) is 160 Å². The average Bonchev–Trinajstić information content (AvgIpc) is 3.45. The molecule has 13 aromatic carbocycles. The molecule has 0 atom stereocenters. The first-order valence-electron chi connectivity index (χ1n) is 24.8. The summed E-state index contributed by atoms with van der Waals surface area (Å²) in [6.07, 6.45) is 0. The van der Waals surface area contributed by atoms with Gasteiger partial charge in [0.1, 0.15) is 0 Å². The van der Waals surface area contributed by atoms with Gasteiger partial charge in [0.15, 0.2) is 0 Å². The largest absolute Gasteiger partial charge is 0.310 e. The van der Waals surface area contributed by atoms with E-state index in [1.54, 1.807) is 0 Å². The van der Waals surface area contributed by atoms with Gasteiger partial charge in [0, 0.05) is 34.1 Å². The molecule has 0 heterocycles. The minimum atomic E-state index is 1.11. The van der Waals surface area contributed by atoms with Gasteiger partial charge in [-0.1, -0.05) is 218 Å². The molecule has 0 spiro atoms. The molecule has 72 heavy (non-hydrogen) atoms. The third-order valence-electron chi connectivity index (χ3n) is 14.2. The Morgan fingerprint density at radius 2 is 0.361 bits per heavy atom. The van der Waals surface area contributed by atoms with Crippen LogP contribution in [0.3, 0.4) is 0 Å². The topological polar surface area (TPSA) is 6.48 Å². The Morgan fingerprint density at radius 3 is 0.611 bits per heavy atom. The Hall–Kier alpha value is -9.50. The van der Waals surface area contributed by atoms with E-state index in [2.05, 4.69) is 301 Å². The lowest BCUT2D eigenvalue weighted by Gasteiger charge is -2.26. The molecule has 0 saturated carbocycles. The lowest BCUT2D eigenvalue weighted by molar-refractivity contribution is 1.28. The van der Waals surface area contributed by atoms with Crippen molar-refractivity contribution in [1.29, 1.82) is 0 Å². The second-order valence-electron chi connectivity index (χ2n) is 18.4. The summed E-state index contributed by atoms with van der Waals surface area (Å²) in [7, 11) is 0. The van der Waals surface area contributed by atoms with Crippen molar-refractivity contribution < 1.29 is 0 Å². The second-order valence-corrected chi connectivity index (χ2v) is 18.4. The van der Waals surface area contributed by atoms with E-state index < -0.39 is 0 Å². The molecule has 0 aromatic heterocycles. The summed E-state index contributed by atoms with van der Waals surface area (Å²) in [4.78, 5) is 4.68. The fourth-order valence-corrected chi connectivity index (χ4v) is 11.1. The van der Waals surface area contributed by atoms with Crippen molar-refractivity contribution in [2.24, 2.45) is 0 Å². The SMILES string of the molecule is c1ccc(N(c2ccccc2)c2cccc(-c3c4ccccc4c(-c4ccc(-c5c6ccccc6c(-c6cccc(N(c7ccccc7)c7ccccc7)c6)c6ccccc56)cc4)c4ccccc34)c2)cc1. The molecule has 0 aliphatic heterocycles. The fourth-order valence-electron chi connectivity index (χ4n) is 11.1. The van der Waals surface area contributed by atoms with Crippen LogP contribution in [0.15, 0.2) is 291 Å². The zero-order valence-corrected chi connectivity index (χ0v) is 39.6. The van der Waals surface area contributed by atoms with Crippen LogP contribution < -0.4 is 9.80 Å². The summed E-state index contributed by atoms with van der Waals surface area (Å²) in [5, 5.41) is 9.83. The summed E-state index contributed by atoms with van der Waals surface area (Å²) in [5.41, 5.74) is 16.4. The molecule has 0 radical (unpaired) electrons. The van der Waals surface area contributed by atoms with E-state index in [1.807, 2.05) is 0 Å². The molecule has 0 fully saturated rings. The molecule has 2 nitrogen and oxygen atoms in total. The highest BCUT2D eigenvalue weighted by Gasteiger charge is 2.22. The number of fused-ring (bicyclic) bond motifs is 4. The number of benzene rings is 13. The van der Waals surface area contributed by atoms with E-state index >= 15 is 0 Å². The van der Waals surface area contributed by atoms with Gasteiger partial charge in [0.05, 0.1) is 0 Å². The van der Waals surface area contributed by atoms with Gasteiger partial charge in [0.2, 0.25) is 0 Å². The van der Waals surface area contributed by atoms with Crippen molar-refractivity contribution in [3.63, 3.8) is 0 Å². The second kappa shape index (κ2) is 18.4. The van der Waals surface area contributed by atoms with Crippen molar-refractivity contribution >= 4 is 77.2 Å². The van der Waals surface area contributed by atoms with Gasteiger partial charge in [-0.15, -0.1) is 0 Å². The molecule has 0 aliphatic rings. The van der Waals surface area contributed by atoms with Crippen LogP contribution in [0.4, 0.5) is 34.1 Å². The van der Waals surface area contributed by atoms with Crippen LogP contribution in [0.5, 0.6) is 0 Å². The van der Waals surface area contributed by atoms with E-state index in [9.17, 15) is 0 Å². The number of anilines is 6. The average molecular weight is 917 g/mol. The summed E-state index contributed by atoms with van der Waals surface area (Å²) < 4.78 is 0. The highest BCUT2D eigenvalue weighted by molar-refractivity contribution is 6.23. The Labute approximate surface area is 420 Å². The van der Waals surface area contributed by atoms with Gasteiger partial charge in [-0.25, -0.2) is 0 Å². The molecule has 0 amide bonds. The maximum atomic E-state index is 2.35. The standard InChI is InChI=1S/C70H48N2/c1-5-25-53(26-6-1)71(54-27-7-2-8-28-54)57-33-21-23-51(47-57)69-63-39-17-13-35-59(63)67(60-36-14-18-40-64(60)69)49-43-45-50(46-44-49)68-61-37-15-19-41-65(61)70(66-42-20-16-38-62(66)68)52-24-22-34-58(48-52)72(55-29-9-3-10-30-55)56-31-11-4-12-32-56/h1-48H. The molecule has 2 heteroatoms. The maximum Gasteiger partial charge on any atom is 0.0467 e. The quantitative estimate of drug-likeness (QED) is 0.126. The van der Waals surface area contributed by atoms with Crippen LogP contribution in [-0.4, -0.2) is 0 Å². The van der Waals surface area contributed by atoms with Crippen LogP contribution in [0.1, 0.15) is 0 Å². The van der Waals surface area contributed by atoms with Crippen molar-refractivity contribution in [2.45, 2.75) is 0 Å². The predicted molar refractivity (Wildman–Crippen MR) is 308 cm³/mol. The number of nitrogens with zero attached hydrogens (tertiary/aromatic N) is 2. The van der Waals surface area contributed by atoms with Gasteiger partial charge < -0.3 is 9.80 Å². The van der Waals surface area contributed by atoms with Gasteiger partial charge in [-0.3, -0.25) is 0 Å². The Morgan fingerprint density at radius 1 is 0.153 bits per heavy atom. The highest BCUT2D eigenvalue weighted by Crippen LogP contribution is 2.48. The molecule has 0 N–H and O–H groups in total. The van der Waals surface area contributed by atoms with Gasteiger partial charge in [-0.2, -0.15) is 0 Å². The molecular formula is C70H48N2. The zero-order chi connectivity index (χ0) is 47.8. The Bertz CT molecular complexity index is 3610. The number of hydrogen-bond donors (Lipinski definition) is 0. The normalized spacial score (nSPS) is 11.3. The van der Waals surface area contributed by atoms with Crippen molar-refractivity contribution in [3.8, 4) is 44.5 Å². The molecular weight excluding hydrogens is 869 g/mol. The lowest BCUT2D eigenvalue weighted by atomic mass is 9.84. The van der Waals surface area contributed by atoms with Crippen LogP contribution >= 0.6 is 0 Å². The third kappa shape index (κ3) is 7.54. The zero-order valence-electron chi connectivity index (χ0n) is 39.6. The van der Waals surface area contributed by atoms with E-state index in [1.165, 1.54) is 87.6 Å². The summed E-state index contributed by atoms with van der Waals surface area (Å²) in [6, 6.07) is 106. The van der Waals surface area contributed by atoms with Crippen LogP contribution in [0.25, 0.3) is 87.6 Å². The van der Waals surface area contributed by atoms with E-state index in [-0.39, 0.29) is 0 Å². The molecule has 0 aliphatic carbocycles. The smallest absolute Gasteiger partial charge is 0.0467 e. The fraction of sp³-hybridized carbons (Fsp3) is 0. The highest BCUT2D eigenvalue weighted by atomic mass is 15.1. The van der Waals surface area contributed by atoms with Gasteiger partial charge in [0.25, 0.3) is 0 Å². The molecule has 0 unspecified atom stereocenters. The molecule has 13 aromatic rings. The first kappa shape index (κ1) is 42.6. The summed E-state index contributed by atoms with van der Waals surface area (Å²) >= 11 is 0. The first-order valence-corrected chi connectivity index (χ1v) is 24.8. The lowest BCUT2D eigenvalue weighted by Crippen LogP contribution is -2.09.